The Balaban J connectivity index is 1.21. The Morgan fingerprint density at radius 2 is 0.833 bits per heavy atom. The molecule has 0 aromatic heterocycles. The van der Waals surface area contributed by atoms with Gasteiger partial charge in [0, 0.05) is 11.1 Å². The highest BCUT2D eigenvalue weighted by molar-refractivity contribution is 5.88. The Kier molecular flexibility index (Phi) is 10.5. The molecule has 7 aromatic rings. The summed E-state index contributed by atoms with van der Waals surface area (Å²) in [6.07, 6.45) is 0. The summed E-state index contributed by atoms with van der Waals surface area (Å²) in [4.78, 5) is 0. The molecule has 0 atom stereocenters. The minimum atomic E-state index is -0.657. The average Bonchev–Trinajstić information content (AvgIpc) is 3.54. The first-order valence-electron chi connectivity index (χ1n) is 18.5. The fourth-order valence-electron chi connectivity index (χ4n) is 7.69. The van der Waals surface area contributed by atoms with Gasteiger partial charge in [-0.1, -0.05) is 140 Å². The minimum Gasteiger partial charge on any atom is -0.491 e. The van der Waals surface area contributed by atoms with Crippen molar-refractivity contribution in [2.45, 2.75) is 5.41 Å². The van der Waals surface area contributed by atoms with Crippen molar-refractivity contribution in [2.75, 3.05) is 39.6 Å². The maximum Gasteiger partial charge on any atom is 0.127 e. The van der Waals surface area contributed by atoms with Crippen molar-refractivity contribution in [1.82, 2.24) is 0 Å². The molecule has 5 heteroatoms. The van der Waals surface area contributed by atoms with E-state index in [1.54, 1.807) is 0 Å². The van der Waals surface area contributed by atoms with Gasteiger partial charge in [-0.05, 0) is 80.9 Å². The maximum absolute atomic E-state index is 9.66. The van der Waals surface area contributed by atoms with Crippen LogP contribution in [0, 0.1) is 0 Å². The van der Waals surface area contributed by atoms with Crippen molar-refractivity contribution in [3.63, 3.8) is 0 Å². The van der Waals surface area contributed by atoms with Crippen LogP contribution in [-0.2, 0) is 10.2 Å². The van der Waals surface area contributed by atoms with E-state index in [2.05, 4.69) is 121 Å². The highest BCUT2D eigenvalue weighted by atomic mass is 16.5. The summed E-state index contributed by atoms with van der Waals surface area (Å²) < 4.78 is 24.3. The van der Waals surface area contributed by atoms with E-state index in [0.29, 0.717) is 26.4 Å². The predicted octanol–water partition coefficient (Wildman–Crippen LogP) is 10.2. The number of fused-ring (bicyclic) bond motifs is 3. The average molecular weight is 711 g/mol. The SMILES string of the molecule is OCCOc1ccc(C2(c3ccc(OCCOCCOc4ccccc4)c(-c4ccccc4)c3)c3ccccc3-c3ccccc32)cc1-c1ccccc1. The maximum atomic E-state index is 9.66. The van der Waals surface area contributed by atoms with Crippen LogP contribution in [0.2, 0.25) is 0 Å². The summed E-state index contributed by atoms with van der Waals surface area (Å²) in [7, 11) is 0. The Morgan fingerprint density at radius 3 is 1.35 bits per heavy atom. The molecule has 0 spiro atoms. The molecular formula is C49H42O5. The number of benzene rings is 7. The number of aliphatic hydroxyl groups excluding tert-OH is 1. The van der Waals surface area contributed by atoms with Crippen LogP contribution in [0.1, 0.15) is 22.3 Å². The molecule has 1 aliphatic carbocycles. The smallest absolute Gasteiger partial charge is 0.127 e. The topological polar surface area (TPSA) is 57.2 Å². The molecule has 0 bridgehead atoms. The largest absolute Gasteiger partial charge is 0.491 e. The molecule has 0 amide bonds. The van der Waals surface area contributed by atoms with Crippen LogP contribution in [0.5, 0.6) is 17.2 Å². The van der Waals surface area contributed by atoms with Gasteiger partial charge < -0.3 is 24.1 Å². The van der Waals surface area contributed by atoms with Crippen molar-refractivity contribution in [2.24, 2.45) is 0 Å². The zero-order chi connectivity index (χ0) is 36.6. The van der Waals surface area contributed by atoms with Crippen LogP contribution in [0.3, 0.4) is 0 Å². The fraction of sp³-hybridized carbons (Fsp3) is 0.143. The third kappa shape index (κ3) is 6.88. The first kappa shape index (κ1) is 34.9. The van der Waals surface area contributed by atoms with E-state index in [1.165, 1.54) is 22.3 Å². The van der Waals surface area contributed by atoms with Gasteiger partial charge in [-0.25, -0.2) is 0 Å². The third-order valence-electron chi connectivity index (χ3n) is 10.0. The van der Waals surface area contributed by atoms with Gasteiger partial charge in [-0.15, -0.1) is 0 Å². The van der Waals surface area contributed by atoms with Gasteiger partial charge in [0.1, 0.15) is 37.1 Å². The van der Waals surface area contributed by atoms with Crippen LogP contribution < -0.4 is 14.2 Å². The van der Waals surface area contributed by atoms with Crippen molar-refractivity contribution < 1.29 is 24.1 Å². The van der Waals surface area contributed by atoms with E-state index in [0.717, 1.165) is 50.6 Å². The highest BCUT2D eigenvalue weighted by Crippen LogP contribution is 2.57. The molecule has 0 radical (unpaired) electrons. The van der Waals surface area contributed by atoms with Gasteiger partial charge in [0.25, 0.3) is 0 Å². The van der Waals surface area contributed by atoms with Gasteiger partial charge in [0.05, 0.1) is 25.2 Å². The Bertz CT molecular complexity index is 2260. The zero-order valence-electron chi connectivity index (χ0n) is 30.1. The first-order valence-corrected chi connectivity index (χ1v) is 18.5. The van der Waals surface area contributed by atoms with E-state index in [9.17, 15) is 5.11 Å². The molecule has 5 nitrogen and oxygen atoms in total. The van der Waals surface area contributed by atoms with E-state index >= 15 is 0 Å². The fourth-order valence-corrected chi connectivity index (χ4v) is 7.69. The Morgan fingerprint density at radius 1 is 0.389 bits per heavy atom. The molecule has 1 aliphatic rings. The standard InChI is InChI=1S/C49H42O5/c50-28-29-53-47-26-24-38(34-43(47)36-14-4-1-5-15-36)49(45-22-12-10-20-41(45)42-21-11-13-23-46(42)49)39-25-27-48(44(35-39)37-16-6-2-7-17-37)54-33-31-51-30-32-52-40-18-8-3-9-19-40/h1-27,34-35,50H,28-33H2. The lowest BCUT2D eigenvalue weighted by molar-refractivity contribution is 0.0765. The number of hydrogen-bond acceptors (Lipinski definition) is 5. The van der Waals surface area contributed by atoms with Crippen molar-refractivity contribution in [1.29, 1.82) is 0 Å². The van der Waals surface area contributed by atoms with Gasteiger partial charge in [0.15, 0.2) is 0 Å². The van der Waals surface area contributed by atoms with Crippen LogP contribution in [0.15, 0.2) is 176 Å². The predicted molar refractivity (Wildman–Crippen MR) is 215 cm³/mol. The third-order valence-corrected chi connectivity index (χ3v) is 10.0. The van der Waals surface area contributed by atoms with Crippen LogP contribution >= 0.6 is 0 Å². The molecule has 0 fully saturated rings. The quantitative estimate of drug-likeness (QED) is 0.107. The molecule has 54 heavy (non-hydrogen) atoms. The summed E-state index contributed by atoms with van der Waals surface area (Å²) in [5.74, 6) is 2.36. The van der Waals surface area contributed by atoms with E-state index in [-0.39, 0.29) is 13.2 Å². The molecule has 0 saturated heterocycles. The van der Waals surface area contributed by atoms with Crippen LogP contribution in [-0.4, -0.2) is 44.7 Å². The number of ether oxygens (including phenoxy) is 4. The van der Waals surface area contributed by atoms with Crippen molar-refractivity contribution in [3.05, 3.63) is 198 Å². The van der Waals surface area contributed by atoms with E-state index < -0.39 is 5.41 Å². The van der Waals surface area contributed by atoms with E-state index in [4.69, 9.17) is 18.9 Å². The second-order valence-electron chi connectivity index (χ2n) is 13.2. The Labute approximate surface area is 317 Å². The molecule has 7 aromatic carbocycles. The number of rotatable bonds is 15. The van der Waals surface area contributed by atoms with Crippen LogP contribution in [0.4, 0.5) is 0 Å². The molecule has 0 heterocycles. The Hall–Kier alpha value is -6.14. The normalized spacial score (nSPS) is 12.5. The zero-order valence-corrected chi connectivity index (χ0v) is 30.1. The first-order chi connectivity index (χ1) is 26.8. The summed E-state index contributed by atoms with van der Waals surface area (Å²) >= 11 is 0. The lowest BCUT2D eigenvalue weighted by Crippen LogP contribution is -2.29. The second kappa shape index (κ2) is 16.3. The van der Waals surface area contributed by atoms with E-state index in [1.807, 2.05) is 54.6 Å². The lowest BCUT2D eigenvalue weighted by Gasteiger charge is -2.35. The lowest BCUT2D eigenvalue weighted by atomic mass is 9.67. The molecule has 0 unspecified atom stereocenters. The van der Waals surface area contributed by atoms with Crippen molar-refractivity contribution in [3.8, 4) is 50.6 Å². The molecular weight excluding hydrogens is 669 g/mol. The highest BCUT2D eigenvalue weighted by Gasteiger charge is 2.46. The van der Waals surface area contributed by atoms with Gasteiger partial charge in [-0.3, -0.25) is 0 Å². The summed E-state index contributed by atoms with van der Waals surface area (Å²) in [5, 5.41) is 9.66. The van der Waals surface area contributed by atoms with Gasteiger partial charge in [0.2, 0.25) is 0 Å². The monoisotopic (exact) mass is 710 g/mol. The summed E-state index contributed by atoms with van der Waals surface area (Å²) in [5.41, 5.74) is 10.5. The van der Waals surface area contributed by atoms with Crippen LogP contribution in [0.25, 0.3) is 33.4 Å². The number of hydrogen-bond donors (Lipinski definition) is 1. The molecule has 0 saturated carbocycles. The minimum absolute atomic E-state index is 0.0633. The van der Waals surface area contributed by atoms with Gasteiger partial charge in [-0.2, -0.15) is 0 Å². The van der Waals surface area contributed by atoms with Gasteiger partial charge >= 0.3 is 0 Å². The molecule has 8 rings (SSSR count). The van der Waals surface area contributed by atoms with Crippen molar-refractivity contribution >= 4 is 0 Å². The molecule has 268 valence electrons. The second-order valence-corrected chi connectivity index (χ2v) is 13.2. The summed E-state index contributed by atoms with van der Waals surface area (Å²) in [6.45, 7) is 1.93. The molecule has 0 aliphatic heterocycles. The number of aliphatic hydroxyl groups is 1. The number of para-hydroxylation sites is 1. The molecule has 1 N–H and O–H groups in total. The summed E-state index contributed by atoms with van der Waals surface area (Å²) in [6, 6.07) is 61.1.